The van der Waals surface area contributed by atoms with Gasteiger partial charge in [-0.3, -0.25) is 9.59 Å². The molecule has 2 aromatic rings. The maximum atomic E-state index is 11.9. The van der Waals surface area contributed by atoms with E-state index in [9.17, 15) is 9.59 Å². The average Bonchev–Trinajstić information content (AvgIpc) is 2.58. The molecule has 0 aliphatic rings. The van der Waals surface area contributed by atoms with Crippen LogP contribution in [0.5, 0.6) is 11.5 Å². The summed E-state index contributed by atoms with van der Waals surface area (Å²) in [7, 11) is 3.05. The lowest BCUT2D eigenvalue weighted by Gasteiger charge is -2.10. The van der Waals surface area contributed by atoms with E-state index in [1.165, 1.54) is 32.4 Å². The Morgan fingerprint density at radius 1 is 0.920 bits per heavy atom. The molecule has 2 amide bonds. The predicted molar refractivity (Wildman–Crippen MR) is 96.5 cm³/mol. The topological polar surface area (TPSA) is 76.7 Å². The molecule has 25 heavy (non-hydrogen) atoms. The molecule has 0 saturated heterocycles. The smallest absolute Gasteiger partial charge is 0.313 e. The minimum Gasteiger partial charge on any atom is -0.493 e. The van der Waals surface area contributed by atoms with Crippen LogP contribution in [0.15, 0.2) is 36.4 Å². The van der Waals surface area contributed by atoms with Crippen molar-refractivity contribution >= 4 is 40.7 Å². The van der Waals surface area contributed by atoms with Gasteiger partial charge in [-0.2, -0.15) is 0 Å². The van der Waals surface area contributed by atoms with Gasteiger partial charge in [0, 0.05) is 22.3 Å². The van der Waals surface area contributed by atoms with Gasteiger partial charge in [0.25, 0.3) is 0 Å². The molecule has 0 bridgehead atoms. The molecule has 2 aromatic carbocycles. The van der Waals surface area contributed by atoms with Gasteiger partial charge in [0.05, 0.1) is 14.2 Å². The largest absolute Gasteiger partial charge is 0.493 e. The number of hydrogen-bond donors (Lipinski definition) is 2. The molecule has 0 heterocycles. The fourth-order valence-electron chi connectivity index (χ4n) is 2.07. The number of ether oxygens (including phenoxy) is 2. The van der Waals surface area contributed by atoms with Crippen molar-refractivity contribution in [2.24, 2.45) is 0 Å². The molecule has 0 aliphatic heterocycles. The summed E-state index contributed by atoms with van der Waals surface area (Å²) in [5.74, 6) is -0.495. The number of nitrogens with one attached hydrogen (secondary N) is 2. The number of carbonyl (C=O) groups is 2. The molecule has 0 spiro atoms. The van der Waals surface area contributed by atoms with Gasteiger partial charge in [-0.25, -0.2) is 0 Å². The van der Waals surface area contributed by atoms with Crippen LogP contribution in [0.1, 0.15) is 5.56 Å². The van der Waals surface area contributed by atoms with Gasteiger partial charge in [0.15, 0.2) is 11.5 Å². The first-order valence-corrected chi connectivity index (χ1v) is 7.94. The van der Waals surface area contributed by atoms with Crippen LogP contribution in [0.4, 0.5) is 5.69 Å². The molecule has 0 atom stereocenters. The Bertz CT molecular complexity index is 776. The fraction of sp³-hybridized carbons (Fsp3) is 0.176. The summed E-state index contributed by atoms with van der Waals surface area (Å²) in [6.07, 6.45) is 0. The second kappa shape index (κ2) is 8.60. The van der Waals surface area contributed by atoms with E-state index in [2.05, 4.69) is 10.6 Å². The summed E-state index contributed by atoms with van der Waals surface area (Å²) < 4.78 is 10.3. The van der Waals surface area contributed by atoms with Crippen LogP contribution < -0.4 is 20.1 Å². The van der Waals surface area contributed by atoms with Crippen LogP contribution in [0, 0.1) is 0 Å². The van der Waals surface area contributed by atoms with Crippen LogP contribution in [0.2, 0.25) is 10.0 Å². The van der Waals surface area contributed by atoms with Crippen molar-refractivity contribution in [3.63, 3.8) is 0 Å². The third-order valence-corrected chi connectivity index (χ3v) is 3.66. The third kappa shape index (κ3) is 5.27. The van der Waals surface area contributed by atoms with Gasteiger partial charge in [-0.1, -0.05) is 29.3 Å². The summed E-state index contributed by atoms with van der Waals surface area (Å²) in [6.45, 7) is 0.156. The van der Waals surface area contributed by atoms with E-state index in [0.29, 0.717) is 27.2 Å². The van der Waals surface area contributed by atoms with Crippen LogP contribution >= 0.6 is 23.2 Å². The minimum absolute atomic E-state index is 0.156. The monoisotopic (exact) mass is 382 g/mol. The lowest BCUT2D eigenvalue weighted by molar-refractivity contribution is -0.136. The Balaban J connectivity index is 1.96. The molecule has 0 radical (unpaired) electrons. The summed E-state index contributed by atoms with van der Waals surface area (Å²) in [5.41, 5.74) is 1.09. The van der Waals surface area contributed by atoms with Gasteiger partial charge >= 0.3 is 11.8 Å². The van der Waals surface area contributed by atoms with Crippen molar-refractivity contribution in [1.82, 2.24) is 5.32 Å². The molecule has 2 rings (SSSR count). The molecule has 0 saturated carbocycles. The summed E-state index contributed by atoms with van der Waals surface area (Å²) >= 11 is 11.7. The SMILES string of the molecule is COc1ccc(CNC(=O)C(=O)Nc2cc(Cl)cc(Cl)c2)cc1OC. The van der Waals surface area contributed by atoms with Gasteiger partial charge in [-0.15, -0.1) is 0 Å². The van der Waals surface area contributed by atoms with Crippen molar-refractivity contribution in [2.45, 2.75) is 6.54 Å². The Kier molecular flexibility index (Phi) is 6.50. The highest BCUT2D eigenvalue weighted by atomic mass is 35.5. The van der Waals surface area contributed by atoms with Crippen molar-refractivity contribution in [3.8, 4) is 11.5 Å². The number of rotatable bonds is 5. The molecule has 6 nitrogen and oxygen atoms in total. The van der Waals surface area contributed by atoms with E-state index >= 15 is 0 Å². The van der Waals surface area contributed by atoms with Gasteiger partial charge in [-0.05, 0) is 35.9 Å². The predicted octanol–water partition coefficient (Wildman–Crippen LogP) is 3.27. The van der Waals surface area contributed by atoms with E-state index in [-0.39, 0.29) is 6.54 Å². The Morgan fingerprint density at radius 3 is 2.16 bits per heavy atom. The molecule has 0 aromatic heterocycles. The van der Waals surface area contributed by atoms with Crippen LogP contribution in [-0.4, -0.2) is 26.0 Å². The second-order valence-electron chi connectivity index (χ2n) is 4.98. The van der Waals surface area contributed by atoms with E-state index < -0.39 is 11.8 Å². The van der Waals surface area contributed by atoms with E-state index in [1.807, 2.05) is 0 Å². The molecular formula is C17H16Cl2N2O4. The van der Waals surface area contributed by atoms with Crippen LogP contribution in [0.3, 0.4) is 0 Å². The van der Waals surface area contributed by atoms with Gasteiger partial charge in [0.1, 0.15) is 0 Å². The first-order valence-electron chi connectivity index (χ1n) is 7.19. The molecule has 0 aliphatic carbocycles. The van der Waals surface area contributed by atoms with Gasteiger partial charge < -0.3 is 20.1 Å². The Labute approximate surface area is 155 Å². The average molecular weight is 383 g/mol. The number of amides is 2. The van der Waals surface area contributed by atoms with Crippen molar-refractivity contribution < 1.29 is 19.1 Å². The number of benzene rings is 2. The van der Waals surface area contributed by atoms with Crippen LogP contribution in [0.25, 0.3) is 0 Å². The number of anilines is 1. The Hall–Kier alpha value is -2.44. The number of halogens is 2. The molecule has 2 N–H and O–H groups in total. The standard InChI is InChI=1S/C17H16Cl2N2O4/c1-24-14-4-3-10(5-15(14)25-2)9-20-16(22)17(23)21-13-7-11(18)6-12(19)8-13/h3-8H,9H2,1-2H3,(H,20,22)(H,21,23). The highest BCUT2D eigenvalue weighted by molar-refractivity contribution is 6.40. The quantitative estimate of drug-likeness (QED) is 0.778. The highest BCUT2D eigenvalue weighted by Gasteiger charge is 2.14. The minimum atomic E-state index is -0.821. The molecule has 132 valence electrons. The fourth-order valence-corrected chi connectivity index (χ4v) is 2.59. The number of methoxy groups -OCH3 is 2. The molecule has 0 fully saturated rings. The van der Waals surface area contributed by atoms with E-state index in [4.69, 9.17) is 32.7 Å². The maximum absolute atomic E-state index is 11.9. The molecule has 8 heteroatoms. The van der Waals surface area contributed by atoms with E-state index in [1.54, 1.807) is 18.2 Å². The van der Waals surface area contributed by atoms with Crippen molar-refractivity contribution in [3.05, 3.63) is 52.0 Å². The zero-order valence-electron chi connectivity index (χ0n) is 13.6. The summed E-state index contributed by atoms with van der Waals surface area (Å²) in [4.78, 5) is 23.8. The Morgan fingerprint density at radius 2 is 1.56 bits per heavy atom. The first kappa shape index (κ1) is 18.9. The number of hydrogen-bond acceptors (Lipinski definition) is 4. The molecule has 0 unspecified atom stereocenters. The first-order chi connectivity index (χ1) is 11.9. The van der Waals surface area contributed by atoms with Crippen LogP contribution in [-0.2, 0) is 16.1 Å². The summed E-state index contributed by atoms with van der Waals surface area (Å²) in [5, 5.41) is 5.67. The van der Waals surface area contributed by atoms with E-state index in [0.717, 1.165) is 5.56 Å². The van der Waals surface area contributed by atoms with Crippen molar-refractivity contribution in [1.29, 1.82) is 0 Å². The summed E-state index contributed by atoms with van der Waals surface area (Å²) in [6, 6.07) is 9.70. The maximum Gasteiger partial charge on any atom is 0.313 e. The normalized spacial score (nSPS) is 10.1. The van der Waals surface area contributed by atoms with Gasteiger partial charge in [0.2, 0.25) is 0 Å². The number of carbonyl (C=O) groups excluding carboxylic acids is 2. The lowest BCUT2D eigenvalue weighted by atomic mass is 10.2. The second-order valence-corrected chi connectivity index (χ2v) is 5.86. The zero-order valence-corrected chi connectivity index (χ0v) is 15.1. The molecular weight excluding hydrogens is 367 g/mol. The zero-order chi connectivity index (χ0) is 18.4. The lowest BCUT2D eigenvalue weighted by Crippen LogP contribution is -2.34. The van der Waals surface area contributed by atoms with Crippen molar-refractivity contribution in [2.75, 3.05) is 19.5 Å². The third-order valence-electron chi connectivity index (χ3n) is 3.23. The highest BCUT2D eigenvalue weighted by Crippen LogP contribution is 2.27.